The highest BCUT2D eigenvalue weighted by molar-refractivity contribution is 7.91. The van der Waals surface area contributed by atoms with Gasteiger partial charge in [0.25, 0.3) is 0 Å². The molecule has 0 spiro atoms. The van der Waals surface area contributed by atoms with Crippen molar-refractivity contribution in [2.45, 2.75) is 44.6 Å². The Hall–Kier alpha value is -1.17. The first kappa shape index (κ1) is 12.8. The molecule has 0 saturated carbocycles. The molecule has 0 amide bonds. The molecule has 1 atom stereocenters. The summed E-state index contributed by atoms with van der Waals surface area (Å²) in [6.45, 7) is 0. The molecule has 2 heterocycles. The molecule has 1 aliphatic heterocycles. The number of nitrogens with zero attached hydrogens (tertiary/aromatic N) is 2. The first-order valence-corrected chi connectivity index (χ1v) is 8.76. The summed E-state index contributed by atoms with van der Waals surface area (Å²) in [6.07, 6.45) is 7.86. The molecular weight excluding hydrogens is 262 g/mol. The molecule has 1 saturated heterocycles. The predicted octanol–water partition coefficient (Wildman–Crippen LogP) is 1.34. The van der Waals surface area contributed by atoms with Gasteiger partial charge in [-0.25, -0.2) is 18.4 Å². The van der Waals surface area contributed by atoms with Gasteiger partial charge < -0.3 is 5.32 Å². The van der Waals surface area contributed by atoms with Crippen LogP contribution in [-0.4, -0.2) is 35.9 Å². The highest BCUT2D eigenvalue weighted by atomic mass is 32.2. The Bertz CT molecular complexity index is 571. The van der Waals surface area contributed by atoms with E-state index in [4.69, 9.17) is 0 Å². The van der Waals surface area contributed by atoms with E-state index < -0.39 is 9.84 Å². The summed E-state index contributed by atoms with van der Waals surface area (Å²) in [7, 11) is -2.85. The molecule has 19 heavy (non-hydrogen) atoms. The molecule has 5 nitrogen and oxygen atoms in total. The molecule has 1 fully saturated rings. The van der Waals surface area contributed by atoms with Gasteiger partial charge in [-0.15, -0.1) is 0 Å². The fraction of sp³-hybridized carbons (Fsp3) is 0.692. The van der Waals surface area contributed by atoms with Crippen molar-refractivity contribution in [1.29, 1.82) is 0 Å². The maximum atomic E-state index is 11.5. The molecule has 1 N–H and O–H groups in total. The summed E-state index contributed by atoms with van der Waals surface area (Å²) in [5, 5.41) is 3.32. The first-order valence-electron chi connectivity index (χ1n) is 6.94. The zero-order valence-corrected chi connectivity index (χ0v) is 11.7. The molecule has 2 aliphatic rings. The number of sulfone groups is 1. The van der Waals surface area contributed by atoms with E-state index in [0.717, 1.165) is 30.8 Å². The van der Waals surface area contributed by atoms with Gasteiger partial charge in [-0.2, -0.15) is 0 Å². The Kier molecular flexibility index (Phi) is 3.43. The van der Waals surface area contributed by atoms with E-state index in [-0.39, 0.29) is 17.5 Å². The lowest BCUT2D eigenvalue weighted by Crippen LogP contribution is -2.22. The van der Waals surface area contributed by atoms with Gasteiger partial charge in [-0.1, -0.05) is 6.42 Å². The number of aromatic nitrogens is 2. The van der Waals surface area contributed by atoms with Crippen molar-refractivity contribution < 1.29 is 8.42 Å². The molecule has 0 bridgehead atoms. The predicted molar refractivity (Wildman–Crippen MR) is 74.0 cm³/mol. The van der Waals surface area contributed by atoms with Gasteiger partial charge in [0.05, 0.1) is 11.5 Å². The fourth-order valence-electron chi connectivity index (χ4n) is 2.92. The normalized spacial score (nSPS) is 25.6. The molecule has 1 unspecified atom stereocenters. The summed E-state index contributed by atoms with van der Waals surface area (Å²) in [6, 6.07) is 0.00672. The zero-order valence-electron chi connectivity index (χ0n) is 10.9. The van der Waals surface area contributed by atoms with Crippen LogP contribution >= 0.6 is 0 Å². The van der Waals surface area contributed by atoms with Crippen LogP contribution in [0.25, 0.3) is 0 Å². The Morgan fingerprint density at radius 1 is 1.16 bits per heavy atom. The van der Waals surface area contributed by atoms with E-state index in [9.17, 15) is 8.42 Å². The highest BCUT2D eigenvalue weighted by Gasteiger charge is 2.28. The van der Waals surface area contributed by atoms with E-state index in [1.54, 1.807) is 6.33 Å². The quantitative estimate of drug-likeness (QED) is 0.828. The van der Waals surface area contributed by atoms with Crippen molar-refractivity contribution in [2.24, 2.45) is 0 Å². The van der Waals surface area contributed by atoms with Crippen LogP contribution in [-0.2, 0) is 22.7 Å². The molecule has 0 radical (unpaired) electrons. The molecule has 3 rings (SSSR count). The summed E-state index contributed by atoms with van der Waals surface area (Å²) in [4.78, 5) is 8.70. The third-order valence-electron chi connectivity index (χ3n) is 3.95. The van der Waals surface area contributed by atoms with Crippen molar-refractivity contribution in [1.82, 2.24) is 9.97 Å². The molecule has 6 heteroatoms. The van der Waals surface area contributed by atoms with Crippen LogP contribution in [0.15, 0.2) is 6.33 Å². The summed E-state index contributed by atoms with van der Waals surface area (Å²) in [5.41, 5.74) is 2.33. The minimum absolute atomic E-state index is 0.00672. The Labute approximate surface area is 113 Å². The van der Waals surface area contributed by atoms with Crippen LogP contribution in [0.2, 0.25) is 0 Å². The molecule has 1 aromatic rings. The highest BCUT2D eigenvalue weighted by Crippen LogP contribution is 2.25. The van der Waals surface area contributed by atoms with Gasteiger partial charge in [0, 0.05) is 17.3 Å². The van der Waals surface area contributed by atoms with Crippen LogP contribution in [0.3, 0.4) is 0 Å². The second-order valence-electron chi connectivity index (χ2n) is 5.45. The van der Waals surface area contributed by atoms with Crippen molar-refractivity contribution in [3.8, 4) is 0 Å². The van der Waals surface area contributed by atoms with E-state index in [2.05, 4.69) is 15.3 Å². The third kappa shape index (κ3) is 2.88. The maximum absolute atomic E-state index is 11.5. The summed E-state index contributed by atoms with van der Waals surface area (Å²) < 4.78 is 23.0. The third-order valence-corrected chi connectivity index (χ3v) is 5.72. The van der Waals surface area contributed by atoms with Crippen LogP contribution < -0.4 is 5.32 Å². The number of hydrogen-bond acceptors (Lipinski definition) is 5. The van der Waals surface area contributed by atoms with E-state index in [1.165, 1.54) is 18.4 Å². The van der Waals surface area contributed by atoms with Crippen molar-refractivity contribution in [3.63, 3.8) is 0 Å². The van der Waals surface area contributed by atoms with E-state index in [1.807, 2.05) is 0 Å². The van der Waals surface area contributed by atoms with Crippen molar-refractivity contribution in [2.75, 3.05) is 16.8 Å². The fourth-order valence-corrected chi connectivity index (χ4v) is 4.60. The minimum Gasteiger partial charge on any atom is -0.366 e. The number of fused-ring (bicyclic) bond motifs is 1. The smallest absolute Gasteiger partial charge is 0.152 e. The van der Waals surface area contributed by atoms with Gasteiger partial charge >= 0.3 is 0 Å². The van der Waals surface area contributed by atoms with E-state index in [0.29, 0.717) is 6.42 Å². The van der Waals surface area contributed by atoms with Crippen molar-refractivity contribution in [3.05, 3.63) is 17.6 Å². The van der Waals surface area contributed by atoms with Gasteiger partial charge in [-0.05, 0) is 32.1 Å². The minimum atomic E-state index is -2.85. The van der Waals surface area contributed by atoms with Crippen LogP contribution in [0.4, 0.5) is 5.82 Å². The second kappa shape index (κ2) is 5.07. The molecule has 0 aromatic carbocycles. The van der Waals surface area contributed by atoms with Crippen LogP contribution in [0.5, 0.6) is 0 Å². The SMILES string of the molecule is O=S1(=O)CCC(Nc2ncnc3c2CCCCC3)C1. The molecule has 104 valence electrons. The van der Waals surface area contributed by atoms with Crippen LogP contribution in [0.1, 0.15) is 36.9 Å². The first-order chi connectivity index (χ1) is 9.14. The maximum Gasteiger partial charge on any atom is 0.152 e. The van der Waals surface area contributed by atoms with Gasteiger partial charge in [0.15, 0.2) is 9.84 Å². The number of rotatable bonds is 2. The molecule has 1 aliphatic carbocycles. The Morgan fingerprint density at radius 2 is 2.00 bits per heavy atom. The van der Waals surface area contributed by atoms with Gasteiger partial charge in [0.1, 0.15) is 12.1 Å². The standard InChI is InChI=1S/C13H19N3O2S/c17-19(18)7-6-10(8-19)16-13-11-4-2-1-3-5-12(11)14-9-15-13/h9-10H,1-8H2,(H,14,15,16). The average Bonchev–Trinajstić information content (AvgIpc) is 2.60. The summed E-state index contributed by atoms with van der Waals surface area (Å²) in [5.74, 6) is 1.37. The lowest BCUT2D eigenvalue weighted by molar-refractivity contribution is 0.602. The van der Waals surface area contributed by atoms with Gasteiger partial charge in [-0.3, -0.25) is 0 Å². The average molecular weight is 281 g/mol. The zero-order chi connectivity index (χ0) is 13.3. The van der Waals surface area contributed by atoms with Crippen molar-refractivity contribution >= 4 is 15.7 Å². The molecular formula is C13H19N3O2S. The summed E-state index contributed by atoms with van der Waals surface area (Å²) >= 11 is 0. The monoisotopic (exact) mass is 281 g/mol. The Morgan fingerprint density at radius 3 is 2.79 bits per heavy atom. The number of nitrogens with one attached hydrogen (secondary N) is 1. The topological polar surface area (TPSA) is 72.0 Å². The largest absolute Gasteiger partial charge is 0.366 e. The second-order valence-corrected chi connectivity index (χ2v) is 7.68. The number of hydrogen-bond donors (Lipinski definition) is 1. The van der Waals surface area contributed by atoms with Crippen LogP contribution in [0, 0.1) is 0 Å². The lowest BCUT2D eigenvalue weighted by atomic mass is 10.1. The van der Waals surface area contributed by atoms with Gasteiger partial charge in [0.2, 0.25) is 0 Å². The number of anilines is 1. The lowest BCUT2D eigenvalue weighted by Gasteiger charge is -2.16. The number of aryl methyl sites for hydroxylation is 1. The molecule has 1 aromatic heterocycles. The van der Waals surface area contributed by atoms with E-state index >= 15 is 0 Å². The Balaban J connectivity index is 1.82.